The van der Waals surface area contributed by atoms with Crippen LogP contribution in [0.1, 0.15) is 5.56 Å². The molecular formula is C21H22N4O4. The molecule has 2 heterocycles. The van der Waals surface area contributed by atoms with Gasteiger partial charge in [-0.2, -0.15) is 4.98 Å². The highest BCUT2D eigenvalue weighted by Gasteiger charge is 2.13. The zero-order chi connectivity index (χ0) is 19.9. The summed E-state index contributed by atoms with van der Waals surface area (Å²) in [5.41, 5.74) is 1.06. The molecule has 3 aromatic rings. The van der Waals surface area contributed by atoms with E-state index in [0.717, 1.165) is 34.4 Å². The van der Waals surface area contributed by atoms with Crippen LogP contribution < -0.4 is 29.6 Å². The first kappa shape index (κ1) is 18.7. The molecule has 2 N–H and O–H groups in total. The average molecular weight is 394 g/mol. The van der Waals surface area contributed by atoms with Crippen molar-refractivity contribution in [2.75, 3.05) is 37.7 Å². The van der Waals surface area contributed by atoms with Gasteiger partial charge in [-0.3, -0.25) is 0 Å². The lowest BCUT2D eigenvalue weighted by atomic mass is 10.2. The highest BCUT2D eigenvalue weighted by atomic mass is 16.7. The number of fused-ring (bicyclic) bond motifs is 1. The van der Waals surface area contributed by atoms with Crippen molar-refractivity contribution in [3.8, 4) is 23.0 Å². The van der Waals surface area contributed by atoms with Crippen LogP contribution in [-0.2, 0) is 6.54 Å². The van der Waals surface area contributed by atoms with Gasteiger partial charge in [0.2, 0.25) is 12.7 Å². The molecule has 2 aromatic carbocycles. The minimum absolute atomic E-state index is 0.269. The molecule has 1 aliphatic heterocycles. The maximum Gasteiger partial charge on any atom is 0.231 e. The van der Waals surface area contributed by atoms with Gasteiger partial charge in [-0.15, -0.1) is 0 Å². The molecule has 1 aliphatic rings. The van der Waals surface area contributed by atoms with E-state index in [9.17, 15) is 0 Å². The largest absolute Gasteiger partial charge is 0.497 e. The smallest absolute Gasteiger partial charge is 0.231 e. The summed E-state index contributed by atoms with van der Waals surface area (Å²) in [7, 11) is 1.64. The molecule has 0 aliphatic carbocycles. The molecule has 0 saturated carbocycles. The number of rotatable bonds is 9. The Hall–Kier alpha value is -3.68. The standard InChI is InChI=1S/C21H22N4O4/c1-26-16-3-5-17(6-4-16)27-11-10-22-20-8-9-23-21(25-20)24-13-15-2-7-18-19(12-15)29-14-28-18/h2-9,12H,10-11,13-14H2,1H3,(H2,22,23,24,25). The predicted octanol–water partition coefficient (Wildman–Crippen LogP) is 3.32. The van der Waals surface area contributed by atoms with Crippen LogP contribution in [0.4, 0.5) is 11.8 Å². The van der Waals surface area contributed by atoms with Gasteiger partial charge in [0, 0.05) is 12.7 Å². The van der Waals surface area contributed by atoms with Crippen molar-refractivity contribution >= 4 is 11.8 Å². The van der Waals surface area contributed by atoms with E-state index < -0.39 is 0 Å². The van der Waals surface area contributed by atoms with E-state index in [1.807, 2.05) is 48.5 Å². The van der Waals surface area contributed by atoms with Crippen LogP contribution >= 0.6 is 0 Å². The van der Waals surface area contributed by atoms with Crippen molar-refractivity contribution in [1.29, 1.82) is 0 Å². The number of nitrogens with zero attached hydrogens (tertiary/aromatic N) is 2. The Morgan fingerprint density at radius 1 is 0.966 bits per heavy atom. The Morgan fingerprint density at radius 2 is 1.79 bits per heavy atom. The third-order valence-electron chi connectivity index (χ3n) is 4.28. The van der Waals surface area contributed by atoms with Gasteiger partial charge < -0.3 is 29.6 Å². The Kier molecular flexibility index (Phi) is 5.80. The number of aromatic nitrogens is 2. The molecule has 0 radical (unpaired) electrons. The van der Waals surface area contributed by atoms with Gasteiger partial charge in [-0.25, -0.2) is 4.98 Å². The van der Waals surface area contributed by atoms with Gasteiger partial charge >= 0.3 is 0 Å². The first-order valence-corrected chi connectivity index (χ1v) is 9.26. The number of hydrogen-bond acceptors (Lipinski definition) is 8. The summed E-state index contributed by atoms with van der Waals surface area (Å²) in [6.45, 7) is 1.98. The molecular weight excluding hydrogens is 372 g/mol. The van der Waals surface area contributed by atoms with Crippen molar-refractivity contribution in [3.63, 3.8) is 0 Å². The van der Waals surface area contributed by atoms with E-state index in [1.165, 1.54) is 0 Å². The third-order valence-corrected chi connectivity index (χ3v) is 4.28. The van der Waals surface area contributed by atoms with Crippen molar-refractivity contribution in [2.24, 2.45) is 0 Å². The number of hydrogen-bond donors (Lipinski definition) is 2. The monoisotopic (exact) mass is 394 g/mol. The topological polar surface area (TPSA) is 86.8 Å². The number of methoxy groups -OCH3 is 1. The van der Waals surface area contributed by atoms with E-state index >= 15 is 0 Å². The predicted molar refractivity (Wildman–Crippen MR) is 109 cm³/mol. The summed E-state index contributed by atoms with van der Waals surface area (Å²) in [6.07, 6.45) is 1.71. The minimum atomic E-state index is 0.269. The van der Waals surface area contributed by atoms with E-state index in [1.54, 1.807) is 13.3 Å². The second-order valence-electron chi connectivity index (χ2n) is 6.26. The van der Waals surface area contributed by atoms with Crippen molar-refractivity contribution < 1.29 is 18.9 Å². The summed E-state index contributed by atoms with van der Waals surface area (Å²) in [5, 5.41) is 6.45. The highest BCUT2D eigenvalue weighted by Crippen LogP contribution is 2.32. The van der Waals surface area contributed by atoms with Gasteiger partial charge in [-0.1, -0.05) is 6.07 Å². The Balaban J connectivity index is 1.24. The second kappa shape index (κ2) is 9.01. The molecule has 0 spiro atoms. The molecule has 8 nitrogen and oxygen atoms in total. The Bertz CT molecular complexity index is 950. The fraction of sp³-hybridized carbons (Fsp3) is 0.238. The average Bonchev–Trinajstić information content (AvgIpc) is 3.24. The zero-order valence-electron chi connectivity index (χ0n) is 16.1. The molecule has 0 amide bonds. The maximum atomic E-state index is 5.70. The van der Waals surface area contributed by atoms with Crippen LogP contribution in [0.2, 0.25) is 0 Å². The number of benzene rings is 2. The van der Waals surface area contributed by atoms with Crippen LogP contribution in [0.15, 0.2) is 54.7 Å². The molecule has 0 saturated heterocycles. The molecule has 8 heteroatoms. The molecule has 1 aromatic heterocycles. The fourth-order valence-electron chi connectivity index (χ4n) is 2.79. The Morgan fingerprint density at radius 3 is 2.66 bits per heavy atom. The van der Waals surface area contributed by atoms with Gasteiger partial charge in [0.15, 0.2) is 11.5 Å². The lowest BCUT2D eigenvalue weighted by molar-refractivity contribution is 0.174. The number of anilines is 2. The maximum absolute atomic E-state index is 5.70. The van der Waals surface area contributed by atoms with Crippen molar-refractivity contribution in [2.45, 2.75) is 6.54 Å². The summed E-state index contributed by atoms with van der Waals surface area (Å²) in [5.74, 6) is 4.40. The molecule has 4 rings (SSSR count). The summed E-state index contributed by atoms with van der Waals surface area (Å²) < 4.78 is 21.6. The van der Waals surface area contributed by atoms with Gasteiger partial charge in [0.05, 0.1) is 13.7 Å². The first-order chi connectivity index (χ1) is 14.3. The zero-order valence-corrected chi connectivity index (χ0v) is 16.1. The summed E-state index contributed by atoms with van der Waals surface area (Å²) in [4.78, 5) is 8.72. The molecule has 0 fully saturated rings. The highest BCUT2D eigenvalue weighted by molar-refractivity contribution is 5.46. The summed E-state index contributed by atoms with van der Waals surface area (Å²) in [6, 6.07) is 15.1. The molecule has 0 unspecified atom stereocenters. The van der Waals surface area contributed by atoms with Crippen LogP contribution in [0.5, 0.6) is 23.0 Å². The molecule has 29 heavy (non-hydrogen) atoms. The van der Waals surface area contributed by atoms with Crippen molar-refractivity contribution in [1.82, 2.24) is 9.97 Å². The first-order valence-electron chi connectivity index (χ1n) is 9.26. The SMILES string of the molecule is COc1ccc(OCCNc2ccnc(NCc3ccc4c(c3)OCO4)n2)cc1. The van der Waals surface area contributed by atoms with Crippen molar-refractivity contribution in [3.05, 3.63) is 60.3 Å². The number of nitrogens with one attached hydrogen (secondary N) is 2. The normalized spacial score (nSPS) is 11.8. The summed E-state index contributed by atoms with van der Waals surface area (Å²) >= 11 is 0. The Labute approximate surface area is 168 Å². The van der Waals surface area contributed by atoms with E-state index in [2.05, 4.69) is 20.6 Å². The lowest BCUT2D eigenvalue weighted by Gasteiger charge is -2.10. The van der Waals surface area contributed by atoms with E-state index in [4.69, 9.17) is 18.9 Å². The number of ether oxygens (including phenoxy) is 4. The van der Waals surface area contributed by atoms with Gasteiger partial charge in [0.1, 0.15) is 23.9 Å². The van der Waals surface area contributed by atoms with Crippen LogP contribution in [0, 0.1) is 0 Å². The molecule has 0 atom stereocenters. The molecule has 150 valence electrons. The van der Waals surface area contributed by atoms with Crippen LogP contribution in [0.25, 0.3) is 0 Å². The van der Waals surface area contributed by atoms with Crippen LogP contribution in [0.3, 0.4) is 0 Å². The van der Waals surface area contributed by atoms with E-state index in [0.29, 0.717) is 25.6 Å². The fourth-order valence-corrected chi connectivity index (χ4v) is 2.79. The lowest BCUT2D eigenvalue weighted by Crippen LogP contribution is -2.13. The van der Waals surface area contributed by atoms with Gasteiger partial charge in [0.25, 0.3) is 0 Å². The second-order valence-corrected chi connectivity index (χ2v) is 6.26. The van der Waals surface area contributed by atoms with E-state index in [-0.39, 0.29) is 6.79 Å². The minimum Gasteiger partial charge on any atom is -0.497 e. The van der Waals surface area contributed by atoms with Crippen LogP contribution in [-0.4, -0.2) is 37.0 Å². The molecule has 0 bridgehead atoms. The quantitative estimate of drug-likeness (QED) is 0.535. The third kappa shape index (κ3) is 4.98. The van der Waals surface area contributed by atoms with Gasteiger partial charge in [-0.05, 0) is 48.0 Å².